The van der Waals surface area contributed by atoms with Gasteiger partial charge in [0.15, 0.2) is 17.2 Å². The van der Waals surface area contributed by atoms with Gasteiger partial charge in [-0.25, -0.2) is 9.97 Å². The molecule has 10 nitrogen and oxygen atoms in total. The number of nitriles is 1. The van der Waals surface area contributed by atoms with Crippen molar-refractivity contribution >= 4 is 23.2 Å². The number of hydrogen-bond donors (Lipinski definition) is 4. The fourth-order valence-corrected chi connectivity index (χ4v) is 4.40. The van der Waals surface area contributed by atoms with Crippen molar-refractivity contribution in [1.82, 2.24) is 30.8 Å². The van der Waals surface area contributed by atoms with Crippen LogP contribution < -0.4 is 21.3 Å². The number of carbonyl (C=O) groups excluding carboxylic acids is 1. The Morgan fingerprint density at radius 1 is 1.27 bits per heavy atom. The normalized spacial score (nSPS) is 23.0. The molecule has 4 N–H and O–H groups in total. The molecular weight excluding hydrogens is 382 g/mol. The molecule has 4 rings (SSSR count). The summed E-state index contributed by atoms with van der Waals surface area (Å²) in [7, 11) is 1.57. The van der Waals surface area contributed by atoms with Crippen LogP contribution in [0.4, 0.5) is 17.3 Å². The summed E-state index contributed by atoms with van der Waals surface area (Å²) < 4.78 is 0. The van der Waals surface area contributed by atoms with E-state index in [4.69, 9.17) is 5.26 Å². The fraction of sp³-hybridized carbons (Fsp3) is 0.500. The average Bonchev–Trinajstić information content (AvgIpc) is 3.16. The highest BCUT2D eigenvalue weighted by molar-refractivity contribution is 5.97. The Morgan fingerprint density at radius 3 is 2.87 bits per heavy atom. The molecule has 2 aromatic heterocycles. The fourth-order valence-electron chi connectivity index (χ4n) is 4.40. The maximum atomic E-state index is 12.3. The Bertz CT molecular complexity index is 948. The Kier molecular flexibility index (Phi) is 5.72. The summed E-state index contributed by atoms with van der Waals surface area (Å²) in [5.41, 5.74) is 1.48. The molecule has 2 aromatic rings. The van der Waals surface area contributed by atoms with Crippen molar-refractivity contribution in [2.75, 3.05) is 30.8 Å². The Labute approximate surface area is 174 Å². The van der Waals surface area contributed by atoms with Gasteiger partial charge in [0.2, 0.25) is 0 Å². The van der Waals surface area contributed by atoms with Crippen LogP contribution in [-0.2, 0) is 0 Å². The number of amides is 1. The van der Waals surface area contributed by atoms with Crippen LogP contribution in [0.1, 0.15) is 48.3 Å². The van der Waals surface area contributed by atoms with E-state index in [2.05, 4.69) is 41.4 Å². The Hall–Kier alpha value is -3.32. The number of carbonyl (C=O) groups is 1. The third kappa shape index (κ3) is 4.31. The van der Waals surface area contributed by atoms with Gasteiger partial charge in [-0.05, 0) is 44.1 Å². The SMILES string of the molecule is CNC(=O)c1nnc(Nc2cnc(C#N)cn2)cc1NC1CCC2(CCCNC2)C1. The number of aromatic nitrogens is 4. The van der Waals surface area contributed by atoms with E-state index in [0.717, 1.165) is 25.9 Å². The van der Waals surface area contributed by atoms with E-state index in [-0.39, 0.29) is 23.3 Å². The number of hydrogen-bond acceptors (Lipinski definition) is 9. The second kappa shape index (κ2) is 8.59. The monoisotopic (exact) mass is 407 g/mol. The van der Waals surface area contributed by atoms with E-state index in [0.29, 0.717) is 22.7 Å². The van der Waals surface area contributed by atoms with Crippen molar-refractivity contribution < 1.29 is 4.79 Å². The van der Waals surface area contributed by atoms with Gasteiger partial charge in [-0.1, -0.05) is 0 Å². The highest BCUT2D eigenvalue weighted by Crippen LogP contribution is 2.44. The lowest BCUT2D eigenvalue weighted by Gasteiger charge is -2.34. The van der Waals surface area contributed by atoms with Crippen molar-refractivity contribution in [2.45, 2.75) is 38.1 Å². The van der Waals surface area contributed by atoms with Crippen molar-refractivity contribution in [3.05, 3.63) is 29.8 Å². The molecule has 1 aliphatic heterocycles. The van der Waals surface area contributed by atoms with Crippen LogP contribution in [0.5, 0.6) is 0 Å². The molecule has 30 heavy (non-hydrogen) atoms. The molecule has 2 fully saturated rings. The summed E-state index contributed by atoms with van der Waals surface area (Å²) in [6.07, 6.45) is 8.60. The summed E-state index contributed by atoms with van der Waals surface area (Å²) in [5, 5.41) is 29.8. The average molecular weight is 407 g/mol. The lowest BCUT2D eigenvalue weighted by atomic mass is 9.79. The lowest BCUT2D eigenvalue weighted by molar-refractivity contribution is 0.0958. The minimum atomic E-state index is -0.290. The summed E-state index contributed by atoms with van der Waals surface area (Å²) in [6.45, 7) is 2.16. The van der Waals surface area contributed by atoms with Crippen LogP contribution in [0.2, 0.25) is 0 Å². The molecule has 0 bridgehead atoms. The van der Waals surface area contributed by atoms with Gasteiger partial charge in [0.25, 0.3) is 5.91 Å². The zero-order valence-electron chi connectivity index (χ0n) is 16.9. The van der Waals surface area contributed by atoms with Crippen LogP contribution >= 0.6 is 0 Å². The summed E-state index contributed by atoms with van der Waals surface area (Å²) >= 11 is 0. The van der Waals surface area contributed by atoms with E-state index < -0.39 is 0 Å². The molecule has 1 spiro atoms. The molecule has 0 radical (unpaired) electrons. The Morgan fingerprint density at radius 2 is 2.17 bits per heavy atom. The van der Waals surface area contributed by atoms with Gasteiger partial charge < -0.3 is 21.3 Å². The molecule has 1 saturated heterocycles. The van der Waals surface area contributed by atoms with Gasteiger partial charge in [0.05, 0.1) is 18.1 Å². The predicted octanol–water partition coefficient (Wildman–Crippen LogP) is 1.58. The van der Waals surface area contributed by atoms with Gasteiger partial charge in [-0.15, -0.1) is 10.2 Å². The van der Waals surface area contributed by atoms with E-state index in [1.807, 2.05) is 6.07 Å². The van der Waals surface area contributed by atoms with E-state index in [9.17, 15) is 4.79 Å². The minimum absolute atomic E-state index is 0.233. The van der Waals surface area contributed by atoms with E-state index in [1.54, 1.807) is 13.1 Å². The number of anilines is 3. The zero-order chi connectivity index (χ0) is 21.0. The molecule has 1 aliphatic carbocycles. The predicted molar refractivity (Wildman–Crippen MR) is 111 cm³/mol. The standard InChI is InChI=1S/C20H25N9O/c1-22-19(30)18-15(26-13-3-5-20(8-13)4-2-6-23-12-20)7-16(28-29-18)27-17-11-24-14(9-21)10-25-17/h7,10-11,13,23H,2-6,8,12H2,1H3,(H,22,30)(H2,25,26,27,28). The van der Waals surface area contributed by atoms with Crippen LogP contribution in [0.3, 0.4) is 0 Å². The van der Waals surface area contributed by atoms with Crippen molar-refractivity contribution in [2.24, 2.45) is 5.41 Å². The number of nitrogens with one attached hydrogen (secondary N) is 4. The third-order valence-electron chi connectivity index (χ3n) is 5.88. The first-order valence-corrected chi connectivity index (χ1v) is 10.2. The first-order chi connectivity index (χ1) is 14.6. The molecule has 2 unspecified atom stereocenters. The molecule has 10 heteroatoms. The lowest BCUT2D eigenvalue weighted by Crippen LogP contribution is -2.39. The quantitative estimate of drug-likeness (QED) is 0.581. The largest absolute Gasteiger partial charge is 0.380 e. The second-order valence-electron chi connectivity index (χ2n) is 7.96. The molecule has 0 aromatic carbocycles. The van der Waals surface area contributed by atoms with Crippen LogP contribution in [0.15, 0.2) is 18.5 Å². The first-order valence-electron chi connectivity index (χ1n) is 10.2. The molecule has 1 saturated carbocycles. The Balaban J connectivity index is 1.53. The van der Waals surface area contributed by atoms with Gasteiger partial charge in [-0.3, -0.25) is 4.79 Å². The molecule has 1 amide bonds. The number of rotatable bonds is 5. The minimum Gasteiger partial charge on any atom is -0.380 e. The molecule has 156 valence electrons. The summed E-state index contributed by atoms with van der Waals surface area (Å²) in [4.78, 5) is 20.4. The number of piperidine rings is 1. The van der Waals surface area contributed by atoms with Crippen LogP contribution in [-0.4, -0.2) is 52.3 Å². The van der Waals surface area contributed by atoms with Crippen LogP contribution in [0, 0.1) is 16.7 Å². The van der Waals surface area contributed by atoms with Crippen LogP contribution in [0.25, 0.3) is 0 Å². The van der Waals surface area contributed by atoms with E-state index >= 15 is 0 Å². The topological polar surface area (TPSA) is 141 Å². The third-order valence-corrected chi connectivity index (χ3v) is 5.88. The molecule has 3 heterocycles. The van der Waals surface area contributed by atoms with Crippen molar-refractivity contribution in [3.8, 4) is 6.07 Å². The number of nitrogens with zero attached hydrogens (tertiary/aromatic N) is 5. The van der Waals surface area contributed by atoms with Gasteiger partial charge >= 0.3 is 0 Å². The molecular formula is C20H25N9O. The summed E-state index contributed by atoms with van der Waals surface area (Å²) in [5.74, 6) is 0.591. The summed E-state index contributed by atoms with van der Waals surface area (Å²) in [6, 6.07) is 3.97. The second-order valence-corrected chi connectivity index (χ2v) is 7.96. The maximum absolute atomic E-state index is 12.3. The maximum Gasteiger partial charge on any atom is 0.273 e. The van der Waals surface area contributed by atoms with Gasteiger partial charge in [0, 0.05) is 25.7 Å². The highest BCUT2D eigenvalue weighted by atomic mass is 16.1. The highest BCUT2D eigenvalue weighted by Gasteiger charge is 2.40. The van der Waals surface area contributed by atoms with Crippen molar-refractivity contribution in [3.63, 3.8) is 0 Å². The van der Waals surface area contributed by atoms with Crippen molar-refractivity contribution in [1.29, 1.82) is 5.26 Å². The molecule has 2 atom stereocenters. The van der Waals surface area contributed by atoms with E-state index in [1.165, 1.54) is 31.7 Å². The first kappa shape index (κ1) is 20.0. The smallest absolute Gasteiger partial charge is 0.273 e. The molecule has 2 aliphatic rings. The van der Waals surface area contributed by atoms with Gasteiger partial charge in [0.1, 0.15) is 11.9 Å². The zero-order valence-corrected chi connectivity index (χ0v) is 16.9. The van der Waals surface area contributed by atoms with Gasteiger partial charge in [-0.2, -0.15) is 5.26 Å².